The number of carbonyl (C=O) groups excluding carboxylic acids is 1. The summed E-state index contributed by atoms with van der Waals surface area (Å²) < 4.78 is 10.7. The summed E-state index contributed by atoms with van der Waals surface area (Å²) in [6.45, 7) is 0.328. The summed E-state index contributed by atoms with van der Waals surface area (Å²) in [5.74, 6) is 1.25. The number of amides is 2. The Bertz CT molecular complexity index is 893. The lowest BCUT2D eigenvalue weighted by atomic mass is 10.1. The van der Waals surface area contributed by atoms with Crippen LogP contribution in [0.25, 0.3) is 11.1 Å². The van der Waals surface area contributed by atoms with Crippen molar-refractivity contribution in [3.8, 4) is 22.6 Å². The van der Waals surface area contributed by atoms with Crippen molar-refractivity contribution in [3.63, 3.8) is 0 Å². The van der Waals surface area contributed by atoms with Crippen LogP contribution < -0.4 is 20.1 Å². The normalized spacial score (nSPS) is 10.1. The van der Waals surface area contributed by atoms with E-state index in [2.05, 4.69) is 22.8 Å². The molecule has 0 aliphatic heterocycles. The molecule has 0 aliphatic rings. The van der Waals surface area contributed by atoms with Gasteiger partial charge >= 0.3 is 6.03 Å². The van der Waals surface area contributed by atoms with Gasteiger partial charge in [-0.15, -0.1) is 0 Å². The number of carbonyl (C=O) groups is 1. The zero-order valence-corrected chi connectivity index (χ0v) is 15.4. The van der Waals surface area contributed by atoms with Crippen LogP contribution in [0, 0.1) is 0 Å². The number of nitrogens with one attached hydrogen (secondary N) is 2. The fraction of sp³-hybridized carbons (Fsp3) is 0.136. The number of para-hydroxylation sites is 1. The van der Waals surface area contributed by atoms with E-state index < -0.39 is 0 Å². The van der Waals surface area contributed by atoms with Gasteiger partial charge in [0.25, 0.3) is 0 Å². The molecule has 3 aromatic rings. The first-order chi connectivity index (χ1) is 13.2. The summed E-state index contributed by atoms with van der Waals surface area (Å²) in [7, 11) is 3.16. The monoisotopic (exact) mass is 362 g/mol. The summed E-state index contributed by atoms with van der Waals surface area (Å²) in [6, 6.07) is 23.1. The van der Waals surface area contributed by atoms with Crippen molar-refractivity contribution >= 4 is 11.7 Å². The van der Waals surface area contributed by atoms with Gasteiger partial charge in [0.15, 0.2) is 11.5 Å². The Morgan fingerprint density at radius 3 is 2.19 bits per heavy atom. The average Bonchev–Trinajstić information content (AvgIpc) is 2.73. The van der Waals surface area contributed by atoms with Crippen LogP contribution in [0.2, 0.25) is 0 Å². The van der Waals surface area contributed by atoms with Crippen LogP contribution in [0.5, 0.6) is 11.5 Å². The first-order valence-electron chi connectivity index (χ1n) is 8.61. The Labute approximate surface area is 158 Å². The molecule has 0 unspecified atom stereocenters. The molecule has 0 saturated heterocycles. The average molecular weight is 362 g/mol. The third-order valence-electron chi connectivity index (χ3n) is 4.17. The molecule has 0 bridgehead atoms. The lowest BCUT2D eigenvalue weighted by Crippen LogP contribution is -2.28. The van der Waals surface area contributed by atoms with Crippen molar-refractivity contribution < 1.29 is 14.3 Å². The van der Waals surface area contributed by atoms with Crippen LogP contribution in [0.15, 0.2) is 72.8 Å². The van der Waals surface area contributed by atoms with Crippen molar-refractivity contribution in [2.75, 3.05) is 19.5 Å². The minimum atomic E-state index is -0.285. The Morgan fingerprint density at radius 1 is 0.815 bits per heavy atom. The molecule has 0 saturated carbocycles. The van der Waals surface area contributed by atoms with Crippen LogP contribution >= 0.6 is 0 Å². The number of urea groups is 1. The SMILES string of the molecule is COc1cccc(CNC(=O)Nc2ccc(-c3ccccc3)cc2)c1OC. The number of rotatable bonds is 6. The number of benzene rings is 3. The maximum absolute atomic E-state index is 12.2. The number of ether oxygens (including phenoxy) is 2. The molecule has 3 aromatic carbocycles. The Balaban J connectivity index is 1.60. The van der Waals surface area contributed by atoms with Gasteiger partial charge in [0.05, 0.1) is 14.2 Å². The molecule has 5 heteroatoms. The largest absolute Gasteiger partial charge is 0.493 e. The van der Waals surface area contributed by atoms with Gasteiger partial charge in [-0.05, 0) is 29.3 Å². The molecule has 0 aliphatic carbocycles. The van der Waals surface area contributed by atoms with E-state index in [1.165, 1.54) is 0 Å². The first-order valence-corrected chi connectivity index (χ1v) is 8.61. The van der Waals surface area contributed by atoms with Crippen LogP contribution in [-0.4, -0.2) is 20.3 Å². The molecule has 0 atom stereocenters. The molecule has 0 spiro atoms. The molecule has 0 aromatic heterocycles. The van der Waals surface area contributed by atoms with E-state index in [1.807, 2.05) is 60.7 Å². The van der Waals surface area contributed by atoms with Crippen LogP contribution in [0.1, 0.15) is 5.56 Å². The number of anilines is 1. The topological polar surface area (TPSA) is 59.6 Å². The van der Waals surface area contributed by atoms with E-state index in [9.17, 15) is 4.79 Å². The van der Waals surface area contributed by atoms with Crippen molar-refractivity contribution in [2.24, 2.45) is 0 Å². The van der Waals surface area contributed by atoms with Crippen molar-refractivity contribution in [1.29, 1.82) is 0 Å². The lowest BCUT2D eigenvalue weighted by Gasteiger charge is -2.13. The van der Waals surface area contributed by atoms with E-state index in [0.717, 1.165) is 22.4 Å². The van der Waals surface area contributed by atoms with Crippen molar-refractivity contribution in [3.05, 3.63) is 78.4 Å². The van der Waals surface area contributed by atoms with Crippen LogP contribution in [0.4, 0.5) is 10.5 Å². The molecule has 0 heterocycles. The number of methoxy groups -OCH3 is 2. The molecule has 138 valence electrons. The molecule has 27 heavy (non-hydrogen) atoms. The van der Waals surface area contributed by atoms with Crippen molar-refractivity contribution in [1.82, 2.24) is 5.32 Å². The Morgan fingerprint density at radius 2 is 1.52 bits per heavy atom. The molecule has 2 amide bonds. The van der Waals surface area contributed by atoms with E-state index in [4.69, 9.17) is 9.47 Å². The van der Waals surface area contributed by atoms with E-state index >= 15 is 0 Å². The predicted octanol–water partition coefficient (Wildman–Crippen LogP) is 4.69. The van der Waals surface area contributed by atoms with Gasteiger partial charge in [-0.2, -0.15) is 0 Å². The lowest BCUT2D eigenvalue weighted by molar-refractivity contribution is 0.251. The fourth-order valence-corrected chi connectivity index (χ4v) is 2.82. The third kappa shape index (κ3) is 4.58. The zero-order valence-electron chi connectivity index (χ0n) is 15.4. The molecular weight excluding hydrogens is 340 g/mol. The maximum atomic E-state index is 12.2. The van der Waals surface area contributed by atoms with Crippen LogP contribution in [-0.2, 0) is 6.54 Å². The smallest absolute Gasteiger partial charge is 0.319 e. The highest BCUT2D eigenvalue weighted by molar-refractivity contribution is 5.89. The Kier molecular flexibility index (Phi) is 5.94. The van der Waals surface area contributed by atoms with Gasteiger partial charge in [0.2, 0.25) is 0 Å². The highest BCUT2D eigenvalue weighted by Gasteiger charge is 2.10. The summed E-state index contributed by atoms with van der Waals surface area (Å²) in [5.41, 5.74) is 3.80. The van der Waals surface area contributed by atoms with E-state index in [1.54, 1.807) is 14.2 Å². The number of hydrogen-bond acceptors (Lipinski definition) is 3. The Hall–Kier alpha value is -3.47. The molecular formula is C22H22N2O3. The molecule has 0 fully saturated rings. The highest BCUT2D eigenvalue weighted by Crippen LogP contribution is 2.30. The van der Waals surface area contributed by atoms with E-state index in [-0.39, 0.29) is 6.03 Å². The highest BCUT2D eigenvalue weighted by atomic mass is 16.5. The standard InChI is InChI=1S/C22H22N2O3/c1-26-20-10-6-9-18(21(20)27-2)15-23-22(25)24-19-13-11-17(12-14-19)16-7-4-3-5-8-16/h3-14H,15H2,1-2H3,(H2,23,24,25). The van der Waals surface area contributed by atoms with Crippen molar-refractivity contribution in [2.45, 2.75) is 6.54 Å². The second-order valence-corrected chi connectivity index (χ2v) is 5.90. The minimum absolute atomic E-state index is 0.285. The third-order valence-corrected chi connectivity index (χ3v) is 4.17. The van der Waals surface area contributed by atoms with Gasteiger partial charge in [-0.3, -0.25) is 0 Å². The quantitative estimate of drug-likeness (QED) is 0.669. The summed E-state index contributed by atoms with van der Waals surface area (Å²) >= 11 is 0. The summed E-state index contributed by atoms with van der Waals surface area (Å²) in [4.78, 5) is 12.2. The first kappa shape index (κ1) is 18.3. The van der Waals surface area contributed by atoms with Gasteiger partial charge in [0, 0.05) is 17.8 Å². The fourth-order valence-electron chi connectivity index (χ4n) is 2.82. The van der Waals surface area contributed by atoms with Crippen LogP contribution in [0.3, 0.4) is 0 Å². The summed E-state index contributed by atoms with van der Waals surface area (Å²) in [6.07, 6.45) is 0. The van der Waals surface area contributed by atoms with Gasteiger partial charge < -0.3 is 20.1 Å². The van der Waals surface area contributed by atoms with Gasteiger partial charge in [0.1, 0.15) is 0 Å². The number of hydrogen-bond donors (Lipinski definition) is 2. The molecule has 5 nitrogen and oxygen atoms in total. The minimum Gasteiger partial charge on any atom is -0.493 e. The van der Waals surface area contributed by atoms with Gasteiger partial charge in [-0.25, -0.2) is 4.79 Å². The van der Waals surface area contributed by atoms with Gasteiger partial charge in [-0.1, -0.05) is 54.6 Å². The predicted molar refractivity (Wildman–Crippen MR) is 107 cm³/mol. The summed E-state index contributed by atoms with van der Waals surface area (Å²) in [5, 5.41) is 5.67. The second kappa shape index (κ2) is 8.76. The molecule has 3 rings (SSSR count). The maximum Gasteiger partial charge on any atom is 0.319 e. The zero-order chi connectivity index (χ0) is 19.1. The molecule has 0 radical (unpaired) electrons. The van der Waals surface area contributed by atoms with E-state index in [0.29, 0.717) is 18.0 Å². The molecule has 2 N–H and O–H groups in total. The second-order valence-electron chi connectivity index (χ2n) is 5.90.